The third kappa shape index (κ3) is 3.97. The average molecular weight is 259 g/mol. The summed E-state index contributed by atoms with van der Waals surface area (Å²) in [6, 6.07) is 15.6. The second kappa shape index (κ2) is 7.34. The van der Waals surface area contributed by atoms with Crippen LogP contribution in [0.3, 0.4) is 0 Å². The van der Waals surface area contributed by atoms with Crippen molar-refractivity contribution >= 4 is 11.3 Å². The number of rotatable bonds is 7. The molecular formula is C16H21NS. The minimum absolute atomic E-state index is 0.495. The van der Waals surface area contributed by atoms with Gasteiger partial charge in [0.25, 0.3) is 0 Å². The van der Waals surface area contributed by atoms with E-state index in [0.717, 1.165) is 0 Å². The second-order valence-corrected chi connectivity index (χ2v) is 5.61. The van der Waals surface area contributed by atoms with E-state index in [2.05, 4.69) is 60.2 Å². The van der Waals surface area contributed by atoms with Gasteiger partial charge < -0.3 is 5.32 Å². The molecule has 96 valence electrons. The van der Waals surface area contributed by atoms with Gasteiger partial charge in [-0.3, -0.25) is 0 Å². The van der Waals surface area contributed by atoms with Gasteiger partial charge in [0, 0.05) is 10.9 Å². The third-order valence-electron chi connectivity index (χ3n) is 3.30. The highest BCUT2D eigenvalue weighted by Crippen LogP contribution is 2.20. The molecule has 1 aromatic carbocycles. The van der Waals surface area contributed by atoms with Crippen LogP contribution in [-0.4, -0.2) is 7.05 Å². The van der Waals surface area contributed by atoms with Gasteiger partial charge in [-0.2, -0.15) is 0 Å². The normalized spacial score (nSPS) is 12.5. The van der Waals surface area contributed by atoms with E-state index in [0.29, 0.717) is 6.04 Å². The molecule has 0 saturated carbocycles. The highest BCUT2D eigenvalue weighted by molar-refractivity contribution is 7.09. The molecule has 0 radical (unpaired) electrons. The predicted octanol–water partition coefficient (Wildman–Crippen LogP) is 4.42. The molecule has 1 N–H and O–H groups in total. The minimum Gasteiger partial charge on any atom is -0.313 e. The fraction of sp³-hybridized carbons (Fsp3) is 0.375. The minimum atomic E-state index is 0.495. The number of aryl methyl sites for hydroxylation is 1. The maximum absolute atomic E-state index is 3.41. The number of unbranched alkanes of at least 4 members (excludes halogenated alkanes) is 1. The maximum Gasteiger partial charge on any atom is 0.0317 e. The first kappa shape index (κ1) is 13.3. The first-order valence-corrected chi connectivity index (χ1v) is 7.52. The highest BCUT2D eigenvalue weighted by Gasteiger charge is 2.07. The van der Waals surface area contributed by atoms with Gasteiger partial charge in [-0.25, -0.2) is 0 Å². The van der Waals surface area contributed by atoms with Crippen molar-refractivity contribution in [2.24, 2.45) is 0 Å². The summed E-state index contributed by atoms with van der Waals surface area (Å²) in [5, 5.41) is 5.58. The van der Waals surface area contributed by atoms with Gasteiger partial charge in [-0.1, -0.05) is 42.8 Å². The summed E-state index contributed by atoms with van der Waals surface area (Å²) in [4.78, 5) is 1.51. The third-order valence-corrected chi connectivity index (χ3v) is 4.23. The molecule has 0 spiro atoms. The lowest BCUT2D eigenvalue weighted by Gasteiger charge is -2.16. The van der Waals surface area contributed by atoms with Crippen LogP contribution in [0.5, 0.6) is 0 Å². The molecule has 2 rings (SSSR count). The Labute approximate surface area is 114 Å². The van der Waals surface area contributed by atoms with E-state index >= 15 is 0 Å². The van der Waals surface area contributed by atoms with Crippen LogP contribution in [0.4, 0.5) is 0 Å². The lowest BCUT2D eigenvalue weighted by molar-refractivity contribution is 0.515. The van der Waals surface area contributed by atoms with Gasteiger partial charge >= 0.3 is 0 Å². The molecule has 0 aliphatic rings. The Morgan fingerprint density at radius 2 is 1.89 bits per heavy atom. The molecule has 0 amide bonds. The molecule has 1 heterocycles. The van der Waals surface area contributed by atoms with E-state index in [4.69, 9.17) is 0 Å². The summed E-state index contributed by atoms with van der Waals surface area (Å²) in [7, 11) is 2.05. The van der Waals surface area contributed by atoms with Crippen LogP contribution in [0.1, 0.15) is 35.7 Å². The summed E-state index contributed by atoms with van der Waals surface area (Å²) >= 11 is 1.87. The van der Waals surface area contributed by atoms with Gasteiger partial charge in [0.2, 0.25) is 0 Å². The smallest absolute Gasteiger partial charge is 0.0317 e. The summed E-state index contributed by atoms with van der Waals surface area (Å²) in [5.41, 5.74) is 1.40. The van der Waals surface area contributed by atoms with Crippen molar-refractivity contribution in [3.63, 3.8) is 0 Å². The zero-order valence-corrected chi connectivity index (χ0v) is 11.7. The molecule has 1 aromatic heterocycles. The Kier molecular flexibility index (Phi) is 5.43. The molecule has 0 aliphatic heterocycles. The van der Waals surface area contributed by atoms with E-state index in [1.54, 1.807) is 0 Å². The number of thiophene rings is 1. The Morgan fingerprint density at radius 3 is 2.56 bits per heavy atom. The molecule has 1 unspecified atom stereocenters. The SMILES string of the molecule is CNC(CCCCc1cccs1)c1ccccc1. The second-order valence-electron chi connectivity index (χ2n) is 4.58. The molecular weight excluding hydrogens is 238 g/mol. The van der Waals surface area contributed by atoms with Gasteiger partial charge in [0.05, 0.1) is 0 Å². The molecule has 1 nitrogen and oxygen atoms in total. The van der Waals surface area contributed by atoms with E-state index in [1.807, 2.05) is 11.3 Å². The molecule has 18 heavy (non-hydrogen) atoms. The first-order valence-electron chi connectivity index (χ1n) is 6.65. The fourth-order valence-electron chi connectivity index (χ4n) is 2.27. The lowest BCUT2D eigenvalue weighted by Crippen LogP contribution is -2.16. The monoisotopic (exact) mass is 259 g/mol. The Hall–Kier alpha value is -1.12. The maximum atomic E-state index is 3.41. The summed E-state index contributed by atoms with van der Waals surface area (Å²) < 4.78 is 0. The van der Waals surface area contributed by atoms with Crippen LogP contribution in [-0.2, 0) is 6.42 Å². The van der Waals surface area contributed by atoms with E-state index in [-0.39, 0.29) is 0 Å². The van der Waals surface area contributed by atoms with E-state index in [1.165, 1.54) is 36.1 Å². The largest absolute Gasteiger partial charge is 0.313 e. The van der Waals surface area contributed by atoms with Gasteiger partial charge in [0.1, 0.15) is 0 Å². The van der Waals surface area contributed by atoms with Crippen LogP contribution in [0, 0.1) is 0 Å². The summed E-state index contributed by atoms with van der Waals surface area (Å²) in [6.45, 7) is 0. The van der Waals surface area contributed by atoms with Gasteiger partial charge in [-0.15, -0.1) is 11.3 Å². The predicted molar refractivity (Wildman–Crippen MR) is 80.1 cm³/mol. The molecule has 0 saturated heterocycles. The van der Waals surface area contributed by atoms with Crippen molar-refractivity contribution in [1.82, 2.24) is 5.32 Å². The molecule has 0 aliphatic carbocycles. The lowest BCUT2D eigenvalue weighted by atomic mass is 10.0. The van der Waals surface area contributed by atoms with Crippen LogP contribution in [0.15, 0.2) is 47.8 Å². The van der Waals surface area contributed by atoms with Crippen molar-refractivity contribution in [2.75, 3.05) is 7.05 Å². The van der Waals surface area contributed by atoms with Crippen molar-refractivity contribution in [3.8, 4) is 0 Å². The molecule has 2 aromatic rings. The topological polar surface area (TPSA) is 12.0 Å². The van der Waals surface area contributed by atoms with E-state index in [9.17, 15) is 0 Å². The highest BCUT2D eigenvalue weighted by atomic mass is 32.1. The zero-order chi connectivity index (χ0) is 12.6. The Balaban J connectivity index is 1.74. The first-order chi connectivity index (χ1) is 8.90. The zero-order valence-electron chi connectivity index (χ0n) is 10.9. The standard InChI is InChI=1S/C16H21NS/c1-17-16(14-8-3-2-4-9-14)12-6-5-10-15-11-7-13-18-15/h2-4,7-9,11,13,16-17H,5-6,10,12H2,1H3. The van der Waals surface area contributed by atoms with Crippen LogP contribution in [0.2, 0.25) is 0 Å². The molecule has 1 atom stereocenters. The number of hydrogen-bond acceptors (Lipinski definition) is 2. The summed E-state index contributed by atoms with van der Waals surface area (Å²) in [6.07, 6.45) is 5.00. The number of nitrogens with one attached hydrogen (secondary N) is 1. The van der Waals surface area contributed by atoms with Crippen LogP contribution < -0.4 is 5.32 Å². The number of hydrogen-bond donors (Lipinski definition) is 1. The number of benzene rings is 1. The Morgan fingerprint density at radius 1 is 1.06 bits per heavy atom. The molecule has 2 heteroatoms. The van der Waals surface area contributed by atoms with Crippen molar-refractivity contribution < 1.29 is 0 Å². The van der Waals surface area contributed by atoms with Crippen molar-refractivity contribution in [3.05, 3.63) is 58.3 Å². The van der Waals surface area contributed by atoms with Gasteiger partial charge in [-0.05, 0) is 43.3 Å². The van der Waals surface area contributed by atoms with Crippen molar-refractivity contribution in [1.29, 1.82) is 0 Å². The fourth-order valence-corrected chi connectivity index (χ4v) is 3.02. The Bertz CT molecular complexity index is 422. The van der Waals surface area contributed by atoms with Crippen molar-refractivity contribution in [2.45, 2.75) is 31.7 Å². The quantitative estimate of drug-likeness (QED) is 0.726. The van der Waals surface area contributed by atoms with E-state index < -0.39 is 0 Å². The average Bonchev–Trinajstić information content (AvgIpc) is 2.93. The molecule has 0 fully saturated rings. The molecule has 0 bridgehead atoms. The van der Waals surface area contributed by atoms with Crippen LogP contribution in [0.25, 0.3) is 0 Å². The van der Waals surface area contributed by atoms with Crippen LogP contribution >= 0.6 is 11.3 Å². The summed E-state index contributed by atoms with van der Waals surface area (Å²) in [5.74, 6) is 0. The van der Waals surface area contributed by atoms with Gasteiger partial charge in [0.15, 0.2) is 0 Å².